The quantitative estimate of drug-likeness (QED) is 0.897. The Kier molecular flexibility index (Phi) is 4.91. The van der Waals surface area contributed by atoms with E-state index in [9.17, 15) is 4.79 Å². The molecule has 1 amide bonds. The van der Waals surface area contributed by atoms with Crippen LogP contribution in [0.5, 0.6) is 0 Å². The Balaban J connectivity index is 1.46. The van der Waals surface area contributed by atoms with Crippen LogP contribution < -0.4 is 10.6 Å². The van der Waals surface area contributed by atoms with Crippen molar-refractivity contribution in [3.8, 4) is 0 Å². The lowest BCUT2D eigenvalue weighted by molar-refractivity contribution is -0.124. The first kappa shape index (κ1) is 14.6. The number of piperidine rings is 1. The van der Waals surface area contributed by atoms with Crippen LogP contribution in [0.2, 0.25) is 0 Å². The first-order chi connectivity index (χ1) is 10.3. The van der Waals surface area contributed by atoms with Crippen LogP contribution in [0.15, 0.2) is 30.3 Å². The number of carbonyl (C=O) groups is 1. The molecule has 2 fully saturated rings. The summed E-state index contributed by atoms with van der Waals surface area (Å²) in [6, 6.07) is 11.2. The minimum Gasteiger partial charge on any atom is -0.352 e. The zero-order valence-electron chi connectivity index (χ0n) is 12.7. The normalized spacial score (nSPS) is 29.8. The molecule has 3 rings (SSSR count). The number of amides is 1. The summed E-state index contributed by atoms with van der Waals surface area (Å²) in [5, 5.41) is 6.59. The zero-order chi connectivity index (χ0) is 14.5. The third kappa shape index (κ3) is 3.85. The molecule has 1 saturated carbocycles. The topological polar surface area (TPSA) is 41.1 Å². The van der Waals surface area contributed by atoms with Gasteiger partial charge in [0.2, 0.25) is 5.91 Å². The minimum absolute atomic E-state index is 0.0468. The molecular formula is C18H26N2O. The molecule has 1 aliphatic heterocycles. The van der Waals surface area contributed by atoms with Crippen LogP contribution >= 0.6 is 0 Å². The molecule has 1 aliphatic carbocycles. The summed E-state index contributed by atoms with van der Waals surface area (Å²) < 4.78 is 0. The summed E-state index contributed by atoms with van der Waals surface area (Å²) in [4.78, 5) is 12.2. The predicted octanol–water partition coefficient (Wildman–Crippen LogP) is 2.97. The van der Waals surface area contributed by atoms with Gasteiger partial charge in [0, 0.05) is 6.04 Å². The molecule has 1 atom stereocenters. The van der Waals surface area contributed by atoms with Crippen molar-refractivity contribution in [3.63, 3.8) is 0 Å². The van der Waals surface area contributed by atoms with Gasteiger partial charge >= 0.3 is 0 Å². The number of nitrogens with one attached hydrogen (secondary N) is 2. The van der Waals surface area contributed by atoms with Crippen LogP contribution in [-0.4, -0.2) is 24.5 Å². The van der Waals surface area contributed by atoms with Crippen molar-refractivity contribution < 1.29 is 4.79 Å². The van der Waals surface area contributed by atoms with Crippen LogP contribution in [0.3, 0.4) is 0 Å². The van der Waals surface area contributed by atoms with Gasteiger partial charge in [-0.05, 0) is 56.6 Å². The Morgan fingerprint density at radius 2 is 1.76 bits per heavy atom. The summed E-state index contributed by atoms with van der Waals surface area (Å²) in [6.07, 6.45) is 7.96. The second-order valence-electron chi connectivity index (χ2n) is 6.47. The van der Waals surface area contributed by atoms with Crippen molar-refractivity contribution in [1.29, 1.82) is 0 Å². The first-order valence-electron chi connectivity index (χ1n) is 8.41. The fraction of sp³-hybridized carbons (Fsp3) is 0.611. The number of hydrogen-bond donors (Lipinski definition) is 2. The summed E-state index contributed by atoms with van der Waals surface area (Å²) in [5.41, 5.74) is 1.45. The lowest BCUT2D eigenvalue weighted by Crippen LogP contribution is -2.50. The molecule has 1 aromatic carbocycles. The number of rotatable bonds is 3. The van der Waals surface area contributed by atoms with E-state index in [2.05, 4.69) is 41.0 Å². The summed E-state index contributed by atoms with van der Waals surface area (Å²) >= 11 is 0. The third-order valence-electron chi connectivity index (χ3n) is 4.97. The molecule has 0 unspecified atom stereocenters. The van der Waals surface area contributed by atoms with Crippen molar-refractivity contribution in [2.45, 2.75) is 62.9 Å². The van der Waals surface area contributed by atoms with Crippen LogP contribution in [0, 0.1) is 0 Å². The highest BCUT2D eigenvalue weighted by Gasteiger charge is 2.26. The van der Waals surface area contributed by atoms with Crippen LogP contribution in [-0.2, 0) is 4.79 Å². The lowest BCUT2D eigenvalue weighted by atomic mass is 9.81. The van der Waals surface area contributed by atoms with Gasteiger partial charge in [0.05, 0.1) is 6.04 Å². The van der Waals surface area contributed by atoms with Gasteiger partial charge in [-0.2, -0.15) is 0 Å². The molecule has 1 heterocycles. The summed E-state index contributed by atoms with van der Waals surface area (Å²) in [6.45, 7) is 0.985. The van der Waals surface area contributed by atoms with Gasteiger partial charge in [-0.15, -0.1) is 0 Å². The van der Waals surface area contributed by atoms with E-state index >= 15 is 0 Å². The molecule has 2 N–H and O–H groups in total. The van der Waals surface area contributed by atoms with E-state index in [0.29, 0.717) is 12.0 Å². The highest BCUT2D eigenvalue weighted by molar-refractivity contribution is 5.82. The zero-order valence-corrected chi connectivity index (χ0v) is 12.7. The molecule has 0 spiro atoms. The van der Waals surface area contributed by atoms with Gasteiger partial charge in [0.25, 0.3) is 0 Å². The Bertz CT molecular complexity index is 446. The molecule has 0 aromatic heterocycles. The maximum Gasteiger partial charge on any atom is 0.237 e. The number of carbonyl (C=O) groups excluding carboxylic acids is 1. The molecule has 21 heavy (non-hydrogen) atoms. The average Bonchev–Trinajstić information content (AvgIpc) is 2.57. The maximum absolute atomic E-state index is 12.2. The van der Waals surface area contributed by atoms with Crippen molar-refractivity contribution in [2.24, 2.45) is 0 Å². The van der Waals surface area contributed by atoms with Gasteiger partial charge in [0.15, 0.2) is 0 Å². The van der Waals surface area contributed by atoms with Gasteiger partial charge < -0.3 is 10.6 Å². The van der Waals surface area contributed by atoms with Gasteiger partial charge in [-0.25, -0.2) is 0 Å². The Labute approximate surface area is 127 Å². The smallest absolute Gasteiger partial charge is 0.237 e. The standard InChI is InChI=1S/C18H26N2O/c21-18(17-8-4-5-13-19-17)20-16-11-9-15(10-12-16)14-6-2-1-3-7-14/h1-3,6-7,15-17,19H,4-5,8-13H2,(H,20,21)/t15?,16?,17-/m1/s1. The Morgan fingerprint density at radius 3 is 2.43 bits per heavy atom. The highest BCUT2D eigenvalue weighted by Crippen LogP contribution is 2.32. The molecule has 1 saturated heterocycles. The molecule has 0 bridgehead atoms. The molecule has 0 radical (unpaired) electrons. The predicted molar refractivity (Wildman–Crippen MR) is 85.2 cm³/mol. The molecule has 3 heteroatoms. The van der Waals surface area contributed by atoms with E-state index in [1.807, 2.05) is 0 Å². The van der Waals surface area contributed by atoms with E-state index in [1.165, 1.54) is 31.2 Å². The summed E-state index contributed by atoms with van der Waals surface area (Å²) in [7, 11) is 0. The fourth-order valence-corrected chi connectivity index (χ4v) is 3.67. The van der Waals surface area contributed by atoms with Gasteiger partial charge in [0.1, 0.15) is 0 Å². The van der Waals surface area contributed by atoms with Crippen molar-refractivity contribution >= 4 is 5.91 Å². The van der Waals surface area contributed by atoms with E-state index in [0.717, 1.165) is 25.8 Å². The third-order valence-corrected chi connectivity index (χ3v) is 4.97. The fourth-order valence-electron chi connectivity index (χ4n) is 3.67. The first-order valence-corrected chi connectivity index (χ1v) is 8.41. The van der Waals surface area contributed by atoms with Gasteiger partial charge in [-0.1, -0.05) is 36.8 Å². The maximum atomic E-state index is 12.2. The monoisotopic (exact) mass is 286 g/mol. The van der Waals surface area contributed by atoms with E-state index < -0.39 is 0 Å². The van der Waals surface area contributed by atoms with E-state index in [-0.39, 0.29) is 11.9 Å². The minimum atomic E-state index is 0.0468. The Hall–Kier alpha value is -1.35. The summed E-state index contributed by atoms with van der Waals surface area (Å²) in [5.74, 6) is 0.894. The van der Waals surface area contributed by atoms with Crippen molar-refractivity contribution in [2.75, 3.05) is 6.54 Å². The van der Waals surface area contributed by atoms with Crippen molar-refractivity contribution in [1.82, 2.24) is 10.6 Å². The second kappa shape index (κ2) is 7.08. The molecule has 3 nitrogen and oxygen atoms in total. The second-order valence-corrected chi connectivity index (χ2v) is 6.47. The van der Waals surface area contributed by atoms with Crippen LogP contribution in [0.25, 0.3) is 0 Å². The van der Waals surface area contributed by atoms with Gasteiger partial charge in [-0.3, -0.25) is 4.79 Å². The molecule has 1 aromatic rings. The largest absolute Gasteiger partial charge is 0.352 e. The Morgan fingerprint density at radius 1 is 1.00 bits per heavy atom. The van der Waals surface area contributed by atoms with E-state index in [4.69, 9.17) is 0 Å². The number of benzene rings is 1. The van der Waals surface area contributed by atoms with Crippen LogP contribution in [0.1, 0.15) is 56.4 Å². The molecular weight excluding hydrogens is 260 g/mol. The van der Waals surface area contributed by atoms with Crippen LogP contribution in [0.4, 0.5) is 0 Å². The highest BCUT2D eigenvalue weighted by atomic mass is 16.2. The van der Waals surface area contributed by atoms with Crippen molar-refractivity contribution in [3.05, 3.63) is 35.9 Å². The molecule has 114 valence electrons. The van der Waals surface area contributed by atoms with E-state index in [1.54, 1.807) is 0 Å². The number of hydrogen-bond acceptors (Lipinski definition) is 2. The SMILES string of the molecule is O=C(NC1CCC(c2ccccc2)CC1)[C@H]1CCCCN1. The average molecular weight is 286 g/mol. The molecule has 2 aliphatic rings. The lowest BCUT2D eigenvalue weighted by Gasteiger charge is -2.31.